The predicted molar refractivity (Wildman–Crippen MR) is 148 cm³/mol. The van der Waals surface area contributed by atoms with Crippen molar-refractivity contribution in [2.45, 2.75) is 58.3 Å². The van der Waals surface area contributed by atoms with Gasteiger partial charge in [-0.15, -0.1) is 23.5 Å². The maximum atomic E-state index is 13.2. The Morgan fingerprint density at radius 3 is 2.00 bits per heavy atom. The molecule has 1 aliphatic rings. The summed E-state index contributed by atoms with van der Waals surface area (Å²) >= 11 is 2.66. The van der Waals surface area contributed by atoms with E-state index in [1.54, 1.807) is 28.8 Å². The van der Waals surface area contributed by atoms with E-state index in [2.05, 4.69) is 4.99 Å². The van der Waals surface area contributed by atoms with E-state index in [4.69, 9.17) is 23.7 Å². The summed E-state index contributed by atoms with van der Waals surface area (Å²) in [4.78, 5) is 65.5. The number of nitrogens with zero attached hydrogens (tertiary/aromatic N) is 2. The lowest BCUT2D eigenvalue weighted by Gasteiger charge is -2.44. The zero-order chi connectivity index (χ0) is 29.6. The highest BCUT2D eigenvalue weighted by Gasteiger charge is 2.53. The van der Waals surface area contributed by atoms with Gasteiger partial charge in [0.05, 0.1) is 11.1 Å². The van der Waals surface area contributed by atoms with Crippen LogP contribution in [0.5, 0.6) is 0 Å². The van der Waals surface area contributed by atoms with Crippen LogP contribution in [-0.4, -0.2) is 82.3 Å². The average Bonchev–Trinajstić information content (AvgIpc) is 3.27. The second kappa shape index (κ2) is 13.8. The Kier molecular flexibility index (Phi) is 10.8. The number of ether oxygens (including phenoxy) is 5. The summed E-state index contributed by atoms with van der Waals surface area (Å²) in [5.74, 6) is -3.31. The van der Waals surface area contributed by atoms with E-state index in [1.165, 1.54) is 36.6 Å². The molecule has 0 spiro atoms. The van der Waals surface area contributed by atoms with E-state index in [0.717, 1.165) is 20.8 Å². The van der Waals surface area contributed by atoms with E-state index in [1.807, 2.05) is 12.5 Å². The standard InChI is InChI=1S/C26H30N2O10S2/c1-13(29)34-12-20-21(35-14(2)30)22(36-15(3)31)23(37-16(4)32)25(38-20)28-11-18(17-9-7-8-10-19(17)28)24(33)27-26(39-5)40-6/h7-11,20-23,25H,12H2,1-6H3/t20-,21-,22+,23-,25-/m1/s1. The lowest BCUT2D eigenvalue weighted by atomic mass is 9.97. The van der Waals surface area contributed by atoms with Crippen LogP contribution in [0.2, 0.25) is 0 Å². The largest absolute Gasteiger partial charge is 0.463 e. The molecule has 40 heavy (non-hydrogen) atoms. The number of esters is 4. The van der Waals surface area contributed by atoms with Crippen molar-refractivity contribution >= 4 is 68.6 Å². The van der Waals surface area contributed by atoms with Gasteiger partial charge in [0.25, 0.3) is 5.91 Å². The SMILES string of the molecule is CSC(=NC(=O)c1cn([C@@H]2O[C@H](COC(C)=O)[C@@H](OC(C)=O)[C@H](OC(C)=O)[C@H]2OC(C)=O)c2ccccc12)SC. The number of amides is 1. The summed E-state index contributed by atoms with van der Waals surface area (Å²) in [6.45, 7) is 4.29. The number of para-hydroxylation sites is 1. The van der Waals surface area contributed by atoms with Crippen LogP contribution in [0.3, 0.4) is 0 Å². The quantitative estimate of drug-likeness (QED) is 0.201. The number of benzene rings is 1. The van der Waals surface area contributed by atoms with Gasteiger partial charge in [-0.25, -0.2) is 0 Å². The molecule has 0 aliphatic carbocycles. The van der Waals surface area contributed by atoms with Gasteiger partial charge in [-0.05, 0) is 18.6 Å². The van der Waals surface area contributed by atoms with E-state index < -0.39 is 60.4 Å². The summed E-state index contributed by atoms with van der Waals surface area (Å²) < 4.78 is 30.1. The third-order valence-electron chi connectivity index (χ3n) is 5.75. The molecular formula is C26H30N2O10S2. The van der Waals surface area contributed by atoms with E-state index in [9.17, 15) is 24.0 Å². The fourth-order valence-electron chi connectivity index (χ4n) is 4.33. The number of aliphatic imine (C=N–C) groups is 1. The zero-order valence-corrected chi connectivity index (χ0v) is 24.4. The minimum atomic E-state index is -1.34. The summed E-state index contributed by atoms with van der Waals surface area (Å²) in [5, 5.41) is 0.547. The highest BCUT2D eigenvalue weighted by atomic mass is 32.2. The molecule has 1 aromatic heterocycles. The Balaban J connectivity index is 2.22. The predicted octanol–water partition coefficient (Wildman–Crippen LogP) is 3.12. The fraction of sp³-hybridized carbons (Fsp3) is 0.462. The molecule has 2 heterocycles. The van der Waals surface area contributed by atoms with Gasteiger partial charge in [0.2, 0.25) is 0 Å². The highest BCUT2D eigenvalue weighted by molar-refractivity contribution is 8.38. The normalized spacial score (nSPS) is 22.2. The summed E-state index contributed by atoms with van der Waals surface area (Å²) in [6.07, 6.45) is -1.16. The lowest BCUT2D eigenvalue weighted by molar-refractivity contribution is -0.267. The van der Waals surface area contributed by atoms with Gasteiger partial charge in [0.15, 0.2) is 24.5 Å². The second-order valence-electron chi connectivity index (χ2n) is 8.65. The lowest BCUT2D eigenvalue weighted by Crippen LogP contribution is -2.60. The first-order chi connectivity index (χ1) is 19.0. The van der Waals surface area contributed by atoms with Crippen molar-refractivity contribution in [3.8, 4) is 0 Å². The van der Waals surface area contributed by atoms with E-state index in [-0.39, 0.29) is 12.2 Å². The van der Waals surface area contributed by atoms with Gasteiger partial charge < -0.3 is 28.3 Å². The molecule has 1 saturated heterocycles. The van der Waals surface area contributed by atoms with Crippen LogP contribution >= 0.6 is 23.5 Å². The van der Waals surface area contributed by atoms with Gasteiger partial charge in [0.1, 0.15) is 17.1 Å². The van der Waals surface area contributed by atoms with Gasteiger partial charge in [-0.2, -0.15) is 4.99 Å². The van der Waals surface area contributed by atoms with Gasteiger partial charge >= 0.3 is 23.9 Å². The molecule has 0 N–H and O–H groups in total. The monoisotopic (exact) mass is 594 g/mol. The molecular weight excluding hydrogens is 564 g/mol. The number of hydrogen-bond donors (Lipinski definition) is 0. The molecule has 2 aromatic rings. The number of carbonyl (C=O) groups is 5. The van der Waals surface area contributed by atoms with Crippen molar-refractivity contribution in [3.63, 3.8) is 0 Å². The van der Waals surface area contributed by atoms with Gasteiger partial charge in [-0.3, -0.25) is 24.0 Å². The first-order valence-corrected chi connectivity index (χ1v) is 14.5. The molecule has 216 valence electrons. The van der Waals surface area contributed by atoms with Crippen LogP contribution in [0, 0.1) is 0 Å². The minimum Gasteiger partial charge on any atom is -0.463 e. The smallest absolute Gasteiger partial charge is 0.303 e. The Bertz CT molecular complexity index is 1320. The third kappa shape index (κ3) is 7.43. The molecule has 0 bridgehead atoms. The highest BCUT2D eigenvalue weighted by Crippen LogP contribution is 2.38. The number of thioether (sulfide) groups is 2. The van der Waals surface area contributed by atoms with Crippen molar-refractivity contribution in [2.75, 3.05) is 19.1 Å². The Morgan fingerprint density at radius 1 is 0.850 bits per heavy atom. The number of fused-ring (bicyclic) bond motifs is 1. The maximum absolute atomic E-state index is 13.2. The summed E-state index contributed by atoms with van der Waals surface area (Å²) in [5.41, 5.74) is 0.779. The summed E-state index contributed by atoms with van der Waals surface area (Å²) in [6, 6.07) is 6.97. The molecule has 0 radical (unpaired) electrons. The second-order valence-corrected chi connectivity index (χ2v) is 10.5. The molecule has 5 atom stereocenters. The molecule has 12 nitrogen and oxygen atoms in total. The van der Waals surface area contributed by atoms with Crippen LogP contribution in [0.4, 0.5) is 0 Å². The van der Waals surface area contributed by atoms with E-state index in [0.29, 0.717) is 15.3 Å². The number of hydrogen-bond acceptors (Lipinski definition) is 12. The first kappa shape index (κ1) is 31.2. The van der Waals surface area contributed by atoms with Crippen molar-refractivity contribution in [1.29, 1.82) is 0 Å². The molecule has 14 heteroatoms. The molecule has 1 aliphatic heterocycles. The van der Waals surface area contributed by atoms with Crippen molar-refractivity contribution in [3.05, 3.63) is 36.0 Å². The fourth-order valence-corrected chi connectivity index (χ4v) is 5.35. The maximum Gasteiger partial charge on any atom is 0.303 e. The molecule has 1 fully saturated rings. The Morgan fingerprint density at radius 2 is 1.43 bits per heavy atom. The van der Waals surface area contributed by atoms with E-state index >= 15 is 0 Å². The molecule has 1 aromatic carbocycles. The topological polar surface area (TPSA) is 149 Å². The zero-order valence-electron chi connectivity index (χ0n) is 22.8. The minimum absolute atomic E-state index is 0.254. The van der Waals surface area contributed by atoms with Crippen molar-refractivity contribution in [1.82, 2.24) is 4.57 Å². The molecule has 1 amide bonds. The third-order valence-corrected chi connectivity index (χ3v) is 7.63. The summed E-state index contributed by atoms with van der Waals surface area (Å²) in [7, 11) is 0. The number of rotatable bonds is 7. The van der Waals surface area contributed by atoms with Gasteiger partial charge in [-0.1, -0.05) is 18.2 Å². The average molecular weight is 595 g/mol. The molecule has 0 unspecified atom stereocenters. The Hall–Kier alpha value is -3.36. The molecule has 0 saturated carbocycles. The number of aromatic nitrogens is 1. The van der Waals surface area contributed by atoms with Crippen LogP contribution in [0.1, 0.15) is 44.3 Å². The van der Waals surface area contributed by atoms with Crippen LogP contribution in [-0.2, 0) is 42.9 Å². The Labute approximate surface area is 239 Å². The first-order valence-electron chi connectivity index (χ1n) is 12.1. The van der Waals surface area contributed by atoms with Gasteiger partial charge in [0, 0.05) is 39.3 Å². The van der Waals surface area contributed by atoms with Crippen LogP contribution in [0.15, 0.2) is 35.5 Å². The van der Waals surface area contributed by atoms with Crippen molar-refractivity contribution < 1.29 is 47.7 Å². The van der Waals surface area contributed by atoms with Crippen LogP contribution < -0.4 is 0 Å². The number of carbonyl (C=O) groups excluding carboxylic acids is 5. The molecule has 3 rings (SSSR count). The van der Waals surface area contributed by atoms with Crippen LogP contribution in [0.25, 0.3) is 10.9 Å². The van der Waals surface area contributed by atoms with Crippen molar-refractivity contribution in [2.24, 2.45) is 4.99 Å².